The van der Waals surface area contributed by atoms with Crippen molar-refractivity contribution in [2.45, 2.75) is 20.3 Å². The van der Waals surface area contributed by atoms with Crippen LogP contribution in [-0.4, -0.2) is 53.7 Å². The molecule has 1 saturated heterocycles. The molecule has 1 fully saturated rings. The van der Waals surface area contributed by atoms with Crippen molar-refractivity contribution < 1.29 is 9.90 Å². The number of carboxylic acids is 1. The fourth-order valence-corrected chi connectivity index (χ4v) is 2.72. The standard InChI is InChI=1S/C15H20N4O2/c1-11-8-12(2)17-15(13(11)9-16)19-5-3-4-18(6-7-19)10-14(20)21/h8H,3-7,10H2,1-2H3,(H,20,21). The molecule has 0 unspecified atom stereocenters. The molecule has 112 valence electrons. The normalized spacial score (nSPS) is 16.3. The van der Waals surface area contributed by atoms with Gasteiger partial charge in [0.05, 0.1) is 12.1 Å². The highest BCUT2D eigenvalue weighted by Crippen LogP contribution is 2.23. The van der Waals surface area contributed by atoms with E-state index in [0.29, 0.717) is 18.7 Å². The van der Waals surface area contributed by atoms with E-state index in [9.17, 15) is 10.1 Å². The molecular weight excluding hydrogens is 268 g/mol. The van der Waals surface area contributed by atoms with Gasteiger partial charge < -0.3 is 10.0 Å². The number of nitrogens with zero attached hydrogens (tertiary/aromatic N) is 4. The van der Waals surface area contributed by atoms with Gasteiger partial charge >= 0.3 is 5.97 Å². The zero-order valence-corrected chi connectivity index (χ0v) is 12.5. The molecule has 1 aliphatic heterocycles. The lowest BCUT2D eigenvalue weighted by molar-refractivity contribution is -0.138. The van der Waals surface area contributed by atoms with Gasteiger partial charge in [-0.1, -0.05) is 0 Å². The van der Waals surface area contributed by atoms with Gasteiger partial charge in [0.2, 0.25) is 0 Å². The van der Waals surface area contributed by atoms with Crippen molar-refractivity contribution >= 4 is 11.8 Å². The van der Waals surface area contributed by atoms with Crippen molar-refractivity contribution in [2.75, 3.05) is 37.6 Å². The Balaban J connectivity index is 2.20. The summed E-state index contributed by atoms with van der Waals surface area (Å²) in [5.74, 6) is -0.0714. The van der Waals surface area contributed by atoms with E-state index in [0.717, 1.165) is 36.6 Å². The fraction of sp³-hybridized carbons (Fsp3) is 0.533. The quantitative estimate of drug-likeness (QED) is 0.899. The number of rotatable bonds is 3. The van der Waals surface area contributed by atoms with E-state index >= 15 is 0 Å². The lowest BCUT2D eigenvalue weighted by Crippen LogP contribution is -2.34. The van der Waals surface area contributed by atoms with Crippen LogP contribution in [0.4, 0.5) is 5.82 Å². The molecule has 1 aromatic rings. The molecule has 0 aromatic carbocycles. The number of carboxylic acid groups (broad SMARTS) is 1. The highest BCUT2D eigenvalue weighted by Gasteiger charge is 2.20. The van der Waals surface area contributed by atoms with Crippen molar-refractivity contribution in [1.29, 1.82) is 5.26 Å². The number of anilines is 1. The van der Waals surface area contributed by atoms with Gasteiger partial charge in [0.1, 0.15) is 11.9 Å². The van der Waals surface area contributed by atoms with Crippen LogP contribution in [0.5, 0.6) is 0 Å². The molecular formula is C15H20N4O2. The lowest BCUT2D eigenvalue weighted by atomic mass is 10.1. The van der Waals surface area contributed by atoms with E-state index < -0.39 is 5.97 Å². The van der Waals surface area contributed by atoms with Gasteiger partial charge in [0.25, 0.3) is 0 Å². The molecule has 0 radical (unpaired) electrons. The molecule has 0 amide bonds. The van der Waals surface area contributed by atoms with Gasteiger partial charge in [0, 0.05) is 31.9 Å². The van der Waals surface area contributed by atoms with Gasteiger partial charge in [0.15, 0.2) is 0 Å². The molecule has 1 aliphatic rings. The van der Waals surface area contributed by atoms with E-state index in [2.05, 4.69) is 16.0 Å². The first-order chi connectivity index (χ1) is 10.0. The Morgan fingerprint density at radius 3 is 2.81 bits per heavy atom. The highest BCUT2D eigenvalue weighted by atomic mass is 16.4. The Hall–Kier alpha value is -2.13. The van der Waals surface area contributed by atoms with E-state index in [4.69, 9.17) is 5.11 Å². The molecule has 21 heavy (non-hydrogen) atoms. The van der Waals surface area contributed by atoms with Crippen LogP contribution in [-0.2, 0) is 4.79 Å². The molecule has 2 heterocycles. The molecule has 0 bridgehead atoms. The van der Waals surface area contributed by atoms with Crippen molar-refractivity contribution in [2.24, 2.45) is 0 Å². The summed E-state index contributed by atoms with van der Waals surface area (Å²) in [6.45, 7) is 6.83. The molecule has 0 aliphatic carbocycles. The smallest absolute Gasteiger partial charge is 0.317 e. The average Bonchev–Trinajstić information content (AvgIpc) is 2.63. The van der Waals surface area contributed by atoms with E-state index in [-0.39, 0.29) is 6.54 Å². The Bertz CT molecular complexity index is 580. The van der Waals surface area contributed by atoms with Crippen molar-refractivity contribution in [3.63, 3.8) is 0 Å². The van der Waals surface area contributed by atoms with Crippen LogP contribution in [0.25, 0.3) is 0 Å². The maximum absolute atomic E-state index is 10.8. The summed E-state index contributed by atoms with van der Waals surface area (Å²) >= 11 is 0. The molecule has 2 rings (SSSR count). The van der Waals surface area contributed by atoms with Crippen LogP contribution in [0.2, 0.25) is 0 Å². The average molecular weight is 288 g/mol. The number of aromatic nitrogens is 1. The van der Waals surface area contributed by atoms with E-state index in [1.165, 1.54) is 0 Å². The molecule has 1 aromatic heterocycles. The van der Waals surface area contributed by atoms with Crippen molar-refractivity contribution in [3.8, 4) is 6.07 Å². The Morgan fingerprint density at radius 1 is 1.38 bits per heavy atom. The number of nitriles is 1. The summed E-state index contributed by atoms with van der Waals surface area (Å²) in [4.78, 5) is 19.4. The molecule has 6 nitrogen and oxygen atoms in total. The minimum absolute atomic E-state index is 0.0687. The highest BCUT2D eigenvalue weighted by molar-refractivity contribution is 5.69. The van der Waals surface area contributed by atoms with Gasteiger partial charge in [-0.25, -0.2) is 4.98 Å². The molecule has 0 spiro atoms. The summed E-state index contributed by atoms with van der Waals surface area (Å²) in [7, 11) is 0. The maximum Gasteiger partial charge on any atom is 0.317 e. The third-order valence-corrected chi connectivity index (χ3v) is 3.68. The second-order valence-corrected chi connectivity index (χ2v) is 5.40. The number of carbonyl (C=O) groups is 1. The molecule has 1 N–H and O–H groups in total. The van der Waals surface area contributed by atoms with E-state index in [1.54, 1.807) is 0 Å². The summed E-state index contributed by atoms with van der Waals surface area (Å²) in [5.41, 5.74) is 2.45. The first kappa shape index (κ1) is 15.3. The largest absolute Gasteiger partial charge is 0.480 e. The van der Waals surface area contributed by atoms with Gasteiger partial charge in [-0.05, 0) is 31.9 Å². The second kappa shape index (κ2) is 6.55. The number of pyridine rings is 1. The summed E-state index contributed by atoms with van der Waals surface area (Å²) in [6, 6.07) is 4.15. The van der Waals surface area contributed by atoms with Crippen LogP contribution in [0, 0.1) is 25.2 Å². The summed E-state index contributed by atoms with van der Waals surface area (Å²) < 4.78 is 0. The number of hydrogen-bond donors (Lipinski definition) is 1. The predicted octanol–water partition coefficient (Wildman–Crippen LogP) is 1.17. The molecule has 6 heteroatoms. The van der Waals surface area contributed by atoms with E-state index in [1.807, 2.05) is 24.8 Å². The Labute approximate surface area is 124 Å². The topological polar surface area (TPSA) is 80.5 Å². The predicted molar refractivity (Wildman–Crippen MR) is 79.3 cm³/mol. The molecule has 0 atom stereocenters. The van der Waals surface area contributed by atoms with Crippen LogP contribution in [0.15, 0.2) is 6.07 Å². The SMILES string of the molecule is Cc1cc(C)c(C#N)c(N2CCCN(CC(=O)O)CC2)n1. The summed E-state index contributed by atoms with van der Waals surface area (Å²) in [6.07, 6.45) is 0.868. The fourth-order valence-electron chi connectivity index (χ4n) is 2.72. The maximum atomic E-state index is 10.8. The Kier molecular flexibility index (Phi) is 4.76. The van der Waals surface area contributed by atoms with Crippen LogP contribution in [0.3, 0.4) is 0 Å². The number of aliphatic carboxylic acids is 1. The minimum atomic E-state index is -0.800. The van der Waals surface area contributed by atoms with Crippen LogP contribution in [0.1, 0.15) is 23.2 Å². The number of aryl methyl sites for hydroxylation is 2. The molecule has 0 saturated carbocycles. The first-order valence-corrected chi connectivity index (χ1v) is 7.08. The van der Waals surface area contributed by atoms with Crippen molar-refractivity contribution in [3.05, 3.63) is 22.9 Å². The second-order valence-electron chi connectivity index (χ2n) is 5.40. The first-order valence-electron chi connectivity index (χ1n) is 7.08. The van der Waals surface area contributed by atoms with Gasteiger partial charge in [-0.15, -0.1) is 0 Å². The van der Waals surface area contributed by atoms with Crippen molar-refractivity contribution in [1.82, 2.24) is 9.88 Å². The van der Waals surface area contributed by atoms with Crippen LogP contribution < -0.4 is 4.90 Å². The van der Waals surface area contributed by atoms with Crippen LogP contribution >= 0.6 is 0 Å². The summed E-state index contributed by atoms with van der Waals surface area (Å²) in [5, 5.41) is 18.2. The zero-order chi connectivity index (χ0) is 15.4. The van der Waals surface area contributed by atoms with Gasteiger partial charge in [-0.2, -0.15) is 5.26 Å². The monoisotopic (exact) mass is 288 g/mol. The van der Waals surface area contributed by atoms with Gasteiger partial charge in [-0.3, -0.25) is 9.69 Å². The third kappa shape index (κ3) is 3.70. The lowest BCUT2D eigenvalue weighted by Gasteiger charge is -2.24. The zero-order valence-electron chi connectivity index (χ0n) is 12.5. The minimum Gasteiger partial charge on any atom is -0.480 e. The third-order valence-electron chi connectivity index (χ3n) is 3.68. The Morgan fingerprint density at radius 2 is 2.14 bits per heavy atom. The number of hydrogen-bond acceptors (Lipinski definition) is 5.